The molecule has 1 amide bonds. The number of ether oxygens (including phenoxy) is 1. The summed E-state index contributed by atoms with van der Waals surface area (Å²) in [5.41, 5.74) is 0. The molecule has 104 valence electrons. The van der Waals surface area contributed by atoms with Crippen molar-refractivity contribution < 1.29 is 9.53 Å². The van der Waals surface area contributed by atoms with Crippen LogP contribution in [0.4, 0.5) is 0 Å². The third-order valence-corrected chi connectivity index (χ3v) is 3.93. The van der Waals surface area contributed by atoms with Gasteiger partial charge in [-0.15, -0.1) is 0 Å². The zero-order valence-corrected chi connectivity index (χ0v) is 11.5. The minimum atomic E-state index is -0.0337. The van der Waals surface area contributed by atoms with Crippen molar-refractivity contribution in [2.45, 2.75) is 18.9 Å². The highest BCUT2D eigenvalue weighted by molar-refractivity contribution is 5.82. The average Bonchev–Trinajstić information content (AvgIpc) is 2.39. The minimum Gasteiger partial charge on any atom is -0.381 e. The molecule has 1 atom stereocenters. The molecule has 5 nitrogen and oxygen atoms in total. The van der Waals surface area contributed by atoms with Gasteiger partial charge in [-0.3, -0.25) is 4.79 Å². The average molecular weight is 255 g/mol. The molecule has 2 fully saturated rings. The van der Waals surface area contributed by atoms with Crippen molar-refractivity contribution >= 4 is 5.91 Å². The molecule has 18 heavy (non-hydrogen) atoms. The molecular weight excluding hydrogens is 230 g/mol. The third kappa shape index (κ3) is 3.67. The summed E-state index contributed by atoms with van der Waals surface area (Å²) < 4.78 is 5.35. The molecule has 5 heteroatoms. The normalized spacial score (nSPS) is 27.1. The predicted octanol–water partition coefficient (Wildman–Crippen LogP) is -0.225. The molecule has 0 aromatic rings. The first-order valence-electron chi connectivity index (χ1n) is 6.91. The lowest BCUT2D eigenvalue weighted by Crippen LogP contribution is -2.56. The van der Waals surface area contributed by atoms with Gasteiger partial charge >= 0.3 is 0 Å². The molecule has 2 aliphatic heterocycles. The van der Waals surface area contributed by atoms with E-state index in [-0.39, 0.29) is 11.9 Å². The van der Waals surface area contributed by atoms with Gasteiger partial charge < -0.3 is 19.9 Å². The number of hydrogen-bond acceptors (Lipinski definition) is 4. The first kappa shape index (κ1) is 13.8. The molecule has 2 saturated heterocycles. The van der Waals surface area contributed by atoms with Crippen LogP contribution in [-0.4, -0.2) is 75.2 Å². The number of likely N-dealkylation sites (N-methyl/N-ethyl adjacent to an activating group) is 2. The van der Waals surface area contributed by atoms with Gasteiger partial charge in [0.25, 0.3) is 0 Å². The number of rotatable bonds is 3. The summed E-state index contributed by atoms with van der Waals surface area (Å²) in [7, 11) is 3.99. The van der Waals surface area contributed by atoms with Crippen molar-refractivity contribution in [3.05, 3.63) is 0 Å². The van der Waals surface area contributed by atoms with Crippen molar-refractivity contribution in [1.82, 2.24) is 15.1 Å². The quantitative estimate of drug-likeness (QED) is 0.757. The second kappa shape index (κ2) is 6.50. The monoisotopic (exact) mass is 255 g/mol. The van der Waals surface area contributed by atoms with Crippen LogP contribution < -0.4 is 5.32 Å². The zero-order valence-electron chi connectivity index (χ0n) is 11.5. The smallest absolute Gasteiger partial charge is 0.240 e. The van der Waals surface area contributed by atoms with Crippen molar-refractivity contribution in [3.63, 3.8) is 0 Å². The molecule has 2 heterocycles. The zero-order chi connectivity index (χ0) is 13.0. The standard InChI is InChI=1S/C13H25N3O2/c1-15-6-5-14-12(10-15)13(17)16(2)9-11-3-7-18-8-4-11/h11-12,14H,3-10H2,1-2H3. The highest BCUT2D eigenvalue weighted by atomic mass is 16.5. The second-order valence-electron chi connectivity index (χ2n) is 5.54. The van der Waals surface area contributed by atoms with Gasteiger partial charge in [0.15, 0.2) is 0 Å². The lowest BCUT2D eigenvalue weighted by atomic mass is 9.99. The number of hydrogen-bond donors (Lipinski definition) is 1. The summed E-state index contributed by atoms with van der Waals surface area (Å²) in [6.45, 7) is 5.29. The Hall–Kier alpha value is -0.650. The maximum atomic E-state index is 12.3. The van der Waals surface area contributed by atoms with E-state index in [1.165, 1.54) is 0 Å². The van der Waals surface area contributed by atoms with Gasteiger partial charge in [-0.25, -0.2) is 0 Å². The summed E-state index contributed by atoms with van der Waals surface area (Å²) >= 11 is 0. The summed E-state index contributed by atoms with van der Waals surface area (Å²) in [5, 5.41) is 3.31. The topological polar surface area (TPSA) is 44.8 Å². The fraction of sp³-hybridized carbons (Fsp3) is 0.923. The van der Waals surface area contributed by atoms with Gasteiger partial charge in [0.2, 0.25) is 5.91 Å². The number of carbonyl (C=O) groups is 1. The molecule has 0 bridgehead atoms. The molecule has 2 aliphatic rings. The first-order chi connectivity index (χ1) is 8.66. The van der Waals surface area contributed by atoms with Gasteiger partial charge in [0.05, 0.1) is 6.04 Å². The Morgan fingerprint density at radius 3 is 2.83 bits per heavy atom. The van der Waals surface area contributed by atoms with Crippen molar-refractivity contribution in [2.24, 2.45) is 5.92 Å². The molecule has 2 rings (SSSR count). The Kier molecular flexibility index (Phi) is 4.97. The van der Waals surface area contributed by atoms with E-state index >= 15 is 0 Å². The third-order valence-electron chi connectivity index (χ3n) is 3.93. The Labute approximate surface area is 109 Å². The van der Waals surface area contributed by atoms with Gasteiger partial charge in [0, 0.05) is 46.4 Å². The lowest BCUT2D eigenvalue weighted by Gasteiger charge is -2.34. The first-order valence-corrected chi connectivity index (χ1v) is 6.91. The van der Waals surface area contributed by atoms with Gasteiger partial charge in [-0.05, 0) is 25.8 Å². The summed E-state index contributed by atoms with van der Waals surface area (Å²) in [6.07, 6.45) is 2.16. The molecule has 0 aromatic heterocycles. The maximum absolute atomic E-state index is 12.3. The molecule has 0 spiro atoms. The van der Waals surface area contributed by atoms with E-state index < -0.39 is 0 Å². The molecule has 0 saturated carbocycles. The summed E-state index contributed by atoms with van der Waals surface area (Å²) in [6, 6.07) is -0.0337. The Morgan fingerprint density at radius 1 is 1.44 bits per heavy atom. The van der Waals surface area contributed by atoms with Crippen LogP contribution in [0.25, 0.3) is 0 Å². The Bertz CT molecular complexity index is 279. The summed E-state index contributed by atoms with van der Waals surface area (Å²) in [5.74, 6) is 0.835. The highest BCUT2D eigenvalue weighted by Crippen LogP contribution is 2.16. The van der Waals surface area contributed by atoms with E-state index in [4.69, 9.17) is 4.74 Å². The fourth-order valence-electron chi connectivity index (χ4n) is 2.73. The van der Waals surface area contributed by atoms with Gasteiger partial charge in [0.1, 0.15) is 0 Å². The van der Waals surface area contributed by atoms with Crippen LogP contribution in [0, 0.1) is 5.92 Å². The molecule has 0 aromatic carbocycles. The van der Waals surface area contributed by atoms with Crippen LogP contribution in [0.3, 0.4) is 0 Å². The van der Waals surface area contributed by atoms with E-state index in [9.17, 15) is 4.79 Å². The maximum Gasteiger partial charge on any atom is 0.240 e. The van der Waals surface area contributed by atoms with Crippen molar-refractivity contribution in [1.29, 1.82) is 0 Å². The minimum absolute atomic E-state index is 0.0337. The highest BCUT2D eigenvalue weighted by Gasteiger charge is 2.27. The van der Waals surface area contributed by atoms with Crippen molar-refractivity contribution in [2.75, 3.05) is 53.5 Å². The van der Waals surface area contributed by atoms with Crippen LogP contribution >= 0.6 is 0 Å². The Morgan fingerprint density at radius 2 is 2.17 bits per heavy atom. The number of amides is 1. The lowest BCUT2D eigenvalue weighted by molar-refractivity contribution is -0.134. The van der Waals surface area contributed by atoms with Crippen LogP contribution in [0.1, 0.15) is 12.8 Å². The fourth-order valence-corrected chi connectivity index (χ4v) is 2.73. The molecule has 0 aliphatic carbocycles. The molecule has 1 unspecified atom stereocenters. The van der Waals surface area contributed by atoms with E-state index in [1.807, 2.05) is 11.9 Å². The number of piperazine rings is 1. The van der Waals surface area contributed by atoms with E-state index in [0.29, 0.717) is 5.92 Å². The largest absolute Gasteiger partial charge is 0.381 e. The number of carbonyl (C=O) groups excluding carboxylic acids is 1. The summed E-state index contributed by atoms with van der Waals surface area (Å²) in [4.78, 5) is 16.4. The Balaban J connectivity index is 1.79. The van der Waals surface area contributed by atoms with Crippen molar-refractivity contribution in [3.8, 4) is 0 Å². The predicted molar refractivity (Wildman–Crippen MR) is 70.5 cm³/mol. The van der Waals surface area contributed by atoms with Crippen LogP contribution in [0.15, 0.2) is 0 Å². The van der Waals surface area contributed by atoms with Crippen LogP contribution in [-0.2, 0) is 9.53 Å². The second-order valence-corrected chi connectivity index (χ2v) is 5.54. The molecular formula is C13H25N3O2. The van der Waals surface area contributed by atoms with Crippen LogP contribution in [0.2, 0.25) is 0 Å². The SMILES string of the molecule is CN1CCNC(C(=O)N(C)CC2CCOCC2)C1. The molecule has 1 N–H and O–H groups in total. The number of nitrogens with one attached hydrogen (secondary N) is 1. The molecule has 0 radical (unpaired) electrons. The van der Waals surface area contributed by atoms with E-state index in [0.717, 1.165) is 52.2 Å². The van der Waals surface area contributed by atoms with Gasteiger partial charge in [-0.1, -0.05) is 0 Å². The number of nitrogens with zero attached hydrogens (tertiary/aromatic N) is 2. The van der Waals surface area contributed by atoms with Crippen LogP contribution in [0.5, 0.6) is 0 Å². The van der Waals surface area contributed by atoms with E-state index in [1.54, 1.807) is 0 Å². The van der Waals surface area contributed by atoms with E-state index in [2.05, 4.69) is 17.3 Å². The van der Waals surface area contributed by atoms with Gasteiger partial charge in [-0.2, -0.15) is 0 Å².